The number of hydrazine groups is 1. The van der Waals surface area contributed by atoms with Crippen molar-refractivity contribution in [2.24, 2.45) is 5.84 Å². The highest BCUT2D eigenvalue weighted by Gasteiger charge is 2.17. The van der Waals surface area contributed by atoms with Crippen LogP contribution in [0.25, 0.3) is 11.0 Å². The molecule has 0 bridgehead atoms. The zero-order valence-corrected chi connectivity index (χ0v) is 12.1. The molecule has 21 heavy (non-hydrogen) atoms. The number of nitrogens with two attached hydrogens (primary N) is 1. The number of fused-ring (bicyclic) bond motifs is 1. The lowest BCUT2D eigenvalue weighted by atomic mass is 10.1. The van der Waals surface area contributed by atoms with E-state index in [2.05, 4.69) is 29.0 Å². The van der Waals surface area contributed by atoms with Gasteiger partial charge < -0.3 is 8.98 Å². The maximum Gasteiger partial charge on any atom is 0.111 e. The van der Waals surface area contributed by atoms with Gasteiger partial charge in [-0.1, -0.05) is 19.1 Å². The number of para-hydroxylation sites is 2. The summed E-state index contributed by atoms with van der Waals surface area (Å²) in [5, 5.41) is 0. The van der Waals surface area contributed by atoms with E-state index in [4.69, 9.17) is 15.2 Å². The molecule has 0 aliphatic carbocycles. The fraction of sp³-hybridized carbons (Fsp3) is 0.312. The Morgan fingerprint density at radius 1 is 1.33 bits per heavy atom. The number of nitrogens with zero attached hydrogens (tertiary/aromatic N) is 2. The Kier molecular flexibility index (Phi) is 4.03. The fourth-order valence-corrected chi connectivity index (χ4v) is 2.68. The first-order valence-electron chi connectivity index (χ1n) is 7.26. The highest BCUT2D eigenvalue weighted by atomic mass is 16.3. The Labute approximate surface area is 123 Å². The molecule has 0 aliphatic rings. The van der Waals surface area contributed by atoms with Crippen LogP contribution in [0.5, 0.6) is 0 Å². The summed E-state index contributed by atoms with van der Waals surface area (Å²) in [4.78, 5) is 4.77. The molecule has 3 N–H and O–H groups in total. The van der Waals surface area contributed by atoms with Crippen LogP contribution < -0.4 is 11.3 Å². The van der Waals surface area contributed by atoms with Crippen LogP contribution in [0.2, 0.25) is 0 Å². The maximum absolute atomic E-state index is 5.70. The van der Waals surface area contributed by atoms with Gasteiger partial charge in [-0.2, -0.15) is 0 Å². The second-order valence-electron chi connectivity index (χ2n) is 5.15. The Morgan fingerprint density at radius 2 is 2.19 bits per heavy atom. The zero-order chi connectivity index (χ0) is 14.7. The van der Waals surface area contributed by atoms with Crippen LogP contribution in [0.15, 0.2) is 47.3 Å². The first-order chi connectivity index (χ1) is 10.3. The molecule has 1 atom stereocenters. The summed E-state index contributed by atoms with van der Waals surface area (Å²) in [6.45, 7) is 3.13. The van der Waals surface area contributed by atoms with E-state index in [1.807, 2.05) is 18.2 Å². The first kappa shape index (κ1) is 13.9. The van der Waals surface area contributed by atoms with Crippen LogP contribution in [0, 0.1) is 0 Å². The third kappa shape index (κ3) is 2.70. The van der Waals surface area contributed by atoms with Gasteiger partial charge in [0.05, 0.1) is 29.6 Å². The molecule has 0 amide bonds. The summed E-state index contributed by atoms with van der Waals surface area (Å²) >= 11 is 0. The average Bonchev–Trinajstić information content (AvgIpc) is 3.14. The number of aromatic nitrogens is 2. The molecule has 0 saturated heterocycles. The van der Waals surface area contributed by atoms with Crippen LogP contribution >= 0.6 is 0 Å². The minimum absolute atomic E-state index is 0.00355. The first-order valence-corrected chi connectivity index (χ1v) is 7.26. The lowest BCUT2D eigenvalue weighted by Crippen LogP contribution is -2.30. The molecule has 5 nitrogen and oxygen atoms in total. The number of nitrogens with one attached hydrogen (secondary N) is 1. The summed E-state index contributed by atoms with van der Waals surface area (Å²) in [6.07, 6.45) is 5.18. The van der Waals surface area contributed by atoms with Crippen LogP contribution in [0.1, 0.15) is 30.8 Å². The quantitative estimate of drug-likeness (QED) is 0.539. The van der Waals surface area contributed by atoms with Crippen molar-refractivity contribution in [3.8, 4) is 0 Å². The smallest absolute Gasteiger partial charge is 0.111 e. The highest BCUT2D eigenvalue weighted by Crippen LogP contribution is 2.22. The average molecular weight is 284 g/mol. The molecule has 1 aromatic carbocycles. The zero-order valence-electron chi connectivity index (χ0n) is 12.1. The van der Waals surface area contributed by atoms with Crippen molar-refractivity contribution >= 4 is 11.0 Å². The van der Waals surface area contributed by atoms with Crippen molar-refractivity contribution in [1.82, 2.24) is 15.0 Å². The molecule has 0 aliphatic heterocycles. The predicted octanol–water partition coefficient (Wildman–Crippen LogP) is 2.79. The van der Waals surface area contributed by atoms with Crippen molar-refractivity contribution in [1.29, 1.82) is 0 Å². The lowest BCUT2D eigenvalue weighted by Gasteiger charge is -2.15. The second kappa shape index (κ2) is 6.11. The lowest BCUT2D eigenvalue weighted by molar-refractivity contribution is 0.506. The molecule has 110 valence electrons. The summed E-state index contributed by atoms with van der Waals surface area (Å²) in [5.41, 5.74) is 6.10. The number of benzene rings is 1. The molecular weight excluding hydrogens is 264 g/mol. The fourth-order valence-electron chi connectivity index (χ4n) is 2.68. The minimum Gasteiger partial charge on any atom is -0.472 e. The third-order valence-corrected chi connectivity index (χ3v) is 3.71. The van der Waals surface area contributed by atoms with Crippen molar-refractivity contribution in [2.45, 2.75) is 32.4 Å². The van der Waals surface area contributed by atoms with Gasteiger partial charge in [-0.3, -0.25) is 11.3 Å². The van der Waals surface area contributed by atoms with E-state index in [1.165, 1.54) is 5.52 Å². The summed E-state index contributed by atoms with van der Waals surface area (Å²) in [5.74, 6) is 6.75. The normalized spacial score (nSPS) is 12.9. The van der Waals surface area contributed by atoms with Gasteiger partial charge >= 0.3 is 0 Å². The SMILES string of the molecule is CCCn1c(CC(NN)c2ccoc2)nc2ccccc21. The van der Waals surface area contributed by atoms with E-state index in [-0.39, 0.29) is 6.04 Å². The molecule has 5 heteroatoms. The molecule has 2 aromatic heterocycles. The van der Waals surface area contributed by atoms with E-state index in [1.54, 1.807) is 12.5 Å². The second-order valence-corrected chi connectivity index (χ2v) is 5.15. The number of imidazole rings is 1. The van der Waals surface area contributed by atoms with Gasteiger partial charge in [-0.25, -0.2) is 4.98 Å². The van der Waals surface area contributed by atoms with E-state index in [0.29, 0.717) is 0 Å². The van der Waals surface area contributed by atoms with E-state index in [9.17, 15) is 0 Å². The van der Waals surface area contributed by atoms with Gasteiger partial charge in [-0.05, 0) is 24.6 Å². The molecule has 0 saturated carbocycles. The van der Waals surface area contributed by atoms with Crippen LogP contribution in [-0.2, 0) is 13.0 Å². The number of hydrogen-bond donors (Lipinski definition) is 2. The standard InChI is InChI=1S/C16H20N4O/c1-2-8-20-15-6-4-3-5-13(15)18-16(20)10-14(19-17)12-7-9-21-11-12/h3-7,9,11,14,19H,2,8,10,17H2,1H3. The Bertz CT molecular complexity index is 702. The van der Waals surface area contributed by atoms with Gasteiger partial charge in [0.1, 0.15) is 5.82 Å². The van der Waals surface area contributed by atoms with Crippen molar-refractivity contribution in [2.75, 3.05) is 0 Å². The van der Waals surface area contributed by atoms with Gasteiger partial charge in [0.25, 0.3) is 0 Å². The van der Waals surface area contributed by atoms with Crippen molar-refractivity contribution in [3.63, 3.8) is 0 Å². The Balaban J connectivity index is 1.97. The van der Waals surface area contributed by atoms with Crippen molar-refractivity contribution < 1.29 is 4.42 Å². The molecule has 0 spiro atoms. The summed E-state index contributed by atoms with van der Waals surface area (Å²) < 4.78 is 7.43. The molecule has 3 rings (SSSR count). The van der Waals surface area contributed by atoms with E-state index < -0.39 is 0 Å². The molecule has 0 fully saturated rings. The minimum atomic E-state index is -0.00355. The van der Waals surface area contributed by atoms with Crippen molar-refractivity contribution in [3.05, 3.63) is 54.2 Å². The molecule has 1 unspecified atom stereocenters. The largest absolute Gasteiger partial charge is 0.472 e. The summed E-state index contributed by atoms with van der Waals surface area (Å²) in [6, 6.07) is 10.2. The van der Waals surface area contributed by atoms with Gasteiger partial charge in [0.2, 0.25) is 0 Å². The predicted molar refractivity (Wildman–Crippen MR) is 82.5 cm³/mol. The van der Waals surface area contributed by atoms with E-state index in [0.717, 1.165) is 36.3 Å². The Hall–Kier alpha value is -2.11. The highest BCUT2D eigenvalue weighted by molar-refractivity contribution is 5.75. The van der Waals surface area contributed by atoms with Gasteiger partial charge in [0, 0.05) is 18.5 Å². The third-order valence-electron chi connectivity index (χ3n) is 3.71. The summed E-state index contributed by atoms with van der Waals surface area (Å²) in [7, 11) is 0. The topological polar surface area (TPSA) is 69.0 Å². The monoisotopic (exact) mass is 284 g/mol. The Morgan fingerprint density at radius 3 is 2.90 bits per heavy atom. The maximum atomic E-state index is 5.70. The van der Waals surface area contributed by atoms with Crippen LogP contribution in [-0.4, -0.2) is 9.55 Å². The molecule has 0 radical (unpaired) electrons. The number of aryl methyl sites for hydroxylation is 1. The molecular formula is C16H20N4O. The number of rotatable bonds is 6. The molecule has 3 aromatic rings. The number of furan rings is 1. The van der Waals surface area contributed by atoms with Crippen LogP contribution in [0.4, 0.5) is 0 Å². The number of hydrogen-bond acceptors (Lipinski definition) is 4. The molecule has 2 heterocycles. The van der Waals surface area contributed by atoms with E-state index >= 15 is 0 Å². The van der Waals surface area contributed by atoms with Gasteiger partial charge in [-0.15, -0.1) is 0 Å². The van der Waals surface area contributed by atoms with Gasteiger partial charge in [0.15, 0.2) is 0 Å². The van der Waals surface area contributed by atoms with Crippen LogP contribution in [0.3, 0.4) is 0 Å².